The van der Waals surface area contributed by atoms with Crippen molar-refractivity contribution in [2.45, 2.75) is 24.6 Å². The van der Waals surface area contributed by atoms with Gasteiger partial charge in [0.15, 0.2) is 15.1 Å². The third-order valence-electron chi connectivity index (χ3n) is 4.74. The second kappa shape index (κ2) is 9.04. The van der Waals surface area contributed by atoms with Gasteiger partial charge in [0.25, 0.3) is 5.56 Å². The van der Waals surface area contributed by atoms with E-state index in [1.54, 1.807) is 36.4 Å². The number of carbonyl (C=O) groups is 1. The number of methoxy groups -OCH3 is 1. The van der Waals surface area contributed by atoms with E-state index in [0.29, 0.717) is 16.5 Å². The predicted molar refractivity (Wildman–Crippen MR) is 110 cm³/mol. The summed E-state index contributed by atoms with van der Waals surface area (Å²) >= 11 is 0. The first kappa shape index (κ1) is 21.4. The summed E-state index contributed by atoms with van der Waals surface area (Å²) in [7, 11) is -2.75. The Labute approximate surface area is 172 Å². The van der Waals surface area contributed by atoms with Gasteiger partial charge in [-0.05, 0) is 42.7 Å². The molecule has 0 aliphatic rings. The van der Waals surface area contributed by atoms with Crippen LogP contribution in [0.5, 0.6) is 5.75 Å². The fraction of sp³-hybridized carbons (Fsp3) is 0.300. The predicted octanol–water partition coefficient (Wildman–Crippen LogP) is 1.09. The van der Waals surface area contributed by atoms with Gasteiger partial charge < -0.3 is 9.84 Å². The van der Waals surface area contributed by atoms with Crippen molar-refractivity contribution in [1.82, 2.24) is 15.0 Å². The number of esters is 1. The second-order valence-electron chi connectivity index (χ2n) is 6.72. The van der Waals surface area contributed by atoms with E-state index >= 15 is 0 Å². The Kier molecular flexibility index (Phi) is 6.46. The molecular formula is C20H21N3O6S. The number of hydrogen-bond donors (Lipinski definition) is 1. The Morgan fingerprint density at radius 2 is 1.87 bits per heavy atom. The Morgan fingerprint density at radius 1 is 1.17 bits per heavy atom. The summed E-state index contributed by atoms with van der Waals surface area (Å²) in [5.74, 6) is -1.09. The van der Waals surface area contributed by atoms with Gasteiger partial charge in [-0.2, -0.15) is 0 Å². The Morgan fingerprint density at radius 3 is 2.57 bits per heavy atom. The van der Waals surface area contributed by atoms with Crippen LogP contribution in [-0.4, -0.2) is 52.6 Å². The SMILES string of the molecule is COC(=O)C(CCn1nnc2ccccc2c1=O)S(=O)(=O)CCc1ccc(O)cc1. The molecule has 0 spiro atoms. The van der Waals surface area contributed by atoms with E-state index in [4.69, 9.17) is 0 Å². The summed E-state index contributed by atoms with van der Waals surface area (Å²) in [5.41, 5.74) is 0.729. The molecule has 0 bridgehead atoms. The molecule has 0 radical (unpaired) electrons. The lowest BCUT2D eigenvalue weighted by Crippen LogP contribution is -2.36. The molecule has 3 aromatic rings. The molecule has 1 atom stereocenters. The fourth-order valence-corrected chi connectivity index (χ4v) is 4.71. The number of nitrogens with zero attached hydrogens (tertiary/aromatic N) is 3. The van der Waals surface area contributed by atoms with Crippen LogP contribution in [-0.2, 0) is 32.3 Å². The third-order valence-corrected chi connectivity index (χ3v) is 6.81. The van der Waals surface area contributed by atoms with Crippen LogP contribution in [0.1, 0.15) is 12.0 Å². The van der Waals surface area contributed by atoms with E-state index in [1.807, 2.05) is 0 Å². The number of hydrogen-bond acceptors (Lipinski definition) is 8. The minimum atomic E-state index is -3.87. The van der Waals surface area contributed by atoms with Crippen molar-refractivity contribution >= 4 is 26.7 Å². The van der Waals surface area contributed by atoms with Crippen LogP contribution < -0.4 is 5.56 Å². The number of phenols is 1. The van der Waals surface area contributed by atoms with Crippen molar-refractivity contribution in [2.75, 3.05) is 12.9 Å². The Hall–Kier alpha value is -3.27. The first-order chi connectivity index (χ1) is 14.3. The van der Waals surface area contributed by atoms with Crippen molar-refractivity contribution in [3.63, 3.8) is 0 Å². The molecule has 0 aliphatic heterocycles. The molecule has 0 saturated carbocycles. The second-order valence-corrected chi connectivity index (χ2v) is 9.02. The first-order valence-corrected chi connectivity index (χ1v) is 10.9. The summed E-state index contributed by atoms with van der Waals surface area (Å²) in [5, 5.41) is 16.0. The number of carbonyl (C=O) groups excluding carboxylic acids is 1. The number of benzene rings is 2. The summed E-state index contributed by atoms with van der Waals surface area (Å²) < 4.78 is 31.4. The number of sulfone groups is 1. The first-order valence-electron chi connectivity index (χ1n) is 9.21. The van der Waals surface area contributed by atoms with Crippen LogP contribution >= 0.6 is 0 Å². The van der Waals surface area contributed by atoms with Crippen molar-refractivity contribution in [3.8, 4) is 5.75 Å². The molecule has 0 aliphatic carbocycles. The van der Waals surface area contributed by atoms with Crippen molar-refractivity contribution in [2.24, 2.45) is 0 Å². The van der Waals surface area contributed by atoms with Crippen molar-refractivity contribution in [3.05, 3.63) is 64.4 Å². The molecule has 158 valence electrons. The lowest BCUT2D eigenvalue weighted by molar-refractivity contribution is -0.140. The highest BCUT2D eigenvalue weighted by molar-refractivity contribution is 7.92. The van der Waals surface area contributed by atoms with Gasteiger partial charge in [-0.25, -0.2) is 13.1 Å². The number of ether oxygens (including phenoxy) is 1. The van der Waals surface area contributed by atoms with Gasteiger partial charge >= 0.3 is 5.97 Å². The van der Waals surface area contributed by atoms with Crippen LogP contribution in [0.15, 0.2) is 53.3 Å². The molecular weight excluding hydrogens is 410 g/mol. The zero-order valence-corrected chi connectivity index (χ0v) is 17.1. The molecule has 30 heavy (non-hydrogen) atoms. The van der Waals surface area contributed by atoms with E-state index in [0.717, 1.165) is 11.8 Å². The highest BCUT2D eigenvalue weighted by Gasteiger charge is 2.33. The largest absolute Gasteiger partial charge is 0.508 e. The summed E-state index contributed by atoms with van der Waals surface area (Å²) in [6.07, 6.45) is 0.00332. The molecule has 1 unspecified atom stereocenters. The highest BCUT2D eigenvalue weighted by Crippen LogP contribution is 2.15. The van der Waals surface area contributed by atoms with Crippen LogP contribution in [0.4, 0.5) is 0 Å². The van der Waals surface area contributed by atoms with Gasteiger partial charge in [0.2, 0.25) is 0 Å². The highest BCUT2D eigenvalue weighted by atomic mass is 32.2. The zero-order chi connectivity index (χ0) is 21.7. The van der Waals surface area contributed by atoms with Gasteiger partial charge in [0.05, 0.1) is 18.2 Å². The Bertz CT molecular complexity index is 1210. The molecule has 10 heteroatoms. The molecule has 1 N–H and O–H groups in total. The van der Waals surface area contributed by atoms with Crippen LogP contribution in [0.25, 0.3) is 10.9 Å². The maximum Gasteiger partial charge on any atom is 0.324 e. The topological polar surface area (TPSA) is 128 Å². The van der Waals surface area contributed by atoms with E-state index in [2.05, 4.69) is 15.0 Å². The number of phenolic OH excluding ortho intramolecular Hbond substituents is 1. The van der Waals surface area contributed by atoms with Crippen molar-refractivity contribution < 1.29 is 23.1 Å². The van der Waals surface area contributed by atoms with Crippen LogP contribution in [0, 0.1) is 0 Å². The van der Waals surface area contributed by atoms with Crippen LogP contribution in [0.3, 0.4) is 0 Å². The molecule has 2 aromatic carbocycles. The number of fused-ring (bicyclic) bond motifs is 1. The zero-order valence-electron chi connectivity index (χ0n) is 16.3. The van der Waals surface area contributed by atoms with Crippen molar-refractivity contribution in [1.29, 1.82) is 0 Å². The fourth-order valence-electron chi connectivity index (χ4n) is 3.05. The smallest absolute Gasteiger partial charge is 0.324 e. The van der Waals surface area contributed by atoms with E-state index < -0.39 is 26.6 Å². The van der Waals surface area contributed by atoms with Gasteiger partial charge in [-0.1, -0.05) is 29.5 Å². The monoisotopic (exact) mass is 431 g/mol. The molecule has 1 aromatic heterocycles. The molecule has 0 amide bonds. The number of aromatic hydroxyl groups is 1. The van der Waals surface area contributed by atoms with Gasteiger partial charge in [0, 0.05) is 6.54 Å². The maximum absolute atomic E-state index is 12.8. The minimum Gasteiger partial charge on any atom is -0.508 e. The normalized spacial score (nSPS) is 12.6. The summed E-state index contributed by atoms with van der Waals surface area (Å²) in [6.45, 7) is -0.102. The van der Waals surface area contributed by atoms with E-state index in [9.17, 15) is 23.1 Å². The maximum atomic E-state index is 12.8. The summed E-state index contributed by atoms with van der Waals surface area (Å²) in [4.78, 5) is 24.7. The van der Waals surface area contributed by atoms with Crippen LogP contribution in [0.2, 0.25) is 0 Å². The van der Waals surface area contributed by atoms with E-state index in [-0.39, 0.29) is 30.9 Å². The number of aryl methyl sites for hydroxylation is 2. The van der Waals surface area contributed by atoms with Gasteiger partial charge in [0.1, 0.15) is 11.3 Å². The molecule has 3 rings (SSSR count). The molecule has 1 heterocycles. The number of aromatic nitrogens is 3. The molecule has 0 saturated heterocycles. The third kappa shape index (κ3) is 4.82. The average molecular weight is 431 g/mol. The minimum absolute atomic E-state index is 0.0796. The Balaban J connectivity index is 1.77. The lowest BCUT2D eigenvalue weighted by atomic mass is 10.2. The molecule has 9 nitrogen and oxygen atoms in total. The van der Waals surface area contributed by atoms with E-state index in [1.165, 1.54) is 12.1 Å². The number of rotatable bonds is 8. The average Bonchev–Trinajstić information content (AvgIpc) is 2.74. The quantitative estimate of drug-likeness (QED) is 0.525. The molecule has 0 fully saturated rings. The van der Waals surface area contributed by atoms with Gasteiger partial charge in [-0.3, -0.25) is 9.59 Å². The standard InChI is InChI=1S/C20H21N3O6S/c1-29-20(26)18(30(27,28)13-11-14-6-8-15(24)9-7-14)10-12-23-19(25)16-4-2-3-5-17(16)21-22-23/h2-9,18,24H,10-13H2,1H3. The summed E-state index contributed by atoms with van der Waals surface area (Å²) in [6, 6.07) is 12.8. The lowest BCUT2D eigenvalue weighted by Gasteiger charge is -2.16. The van der Waals surface area contributed by atoms with Gasteiger partial charge in [-0.15, -0.1) is 5.10 Å².